The van der Waals surface area contributed by atoms with Crippen molar-refractivity contribution in [2.45, 2.75) is 12.6 Å². The molecule has 5 rings (SSSR count). The molecule has 0 bridgehead atoms. The first-order chi connectivity index (χ1) is 16.1. The maximum Gasteiger partial charge on any atom is 0.295 e. The molecule has 4 aromatic rings. The Balaban J connectivity index is 1.71. The number of ether oxygens (including phenoxy) is 1. The molecule has 0 spiro atoms. The molecule has 1 unspecified atom stereocenters. The Hall–Kier alpha value is -4.32. The Kier molecular flexibility index (Phi) is 5.18. The number of para-hydroxylation sites is 2. The van der Waals surface area contributed by atoms with E-state index in [0.717, 1.165) is 22.0 Å². The molecule has 6 heteroatoms. The van der Waals surface area contributed by atoms with Crippen LogP contribution in [0.25, 0.3) is 16.7 Å². The largest absolute Gasteiger partial charge is 0.507 e. The third-order valence-corrected chi connectivity index (χ3v) is 6.04. The number of rotatable bonds is 5. The van der Waals surface area contributed by atoms with Crippen LogP contribution >= 0.6 is 0 Å². The molecular formula is C27H22N2O4. The number of H-pyrrole nitrogens is 1. The summed E-state index contributed by atoms with van der Waals surface area (Å²) in [7, 11) is 1.57. The summed E-state index contributed by atoms with van der Waals surface area (Å²) in [4.78, 5) is 31.3. The molecule has 33 heavy (non-hydrogen) atoms. The van der Waals surface area contributed by atoms with Gasteiger partial charge in [-0.15, -0.1) is 0 Å². The maximum absolute atomic E-state index is 13.3. The van der Waals surface area contributed by atoms with Gasteiger partial charge >= 0.3 is 0 Å². The minimum absolute atomic E-state index is 0.0749. The topological polar surface area (TPSA) is 82.6 Å². The second-order valence-corrected chi connectivity index (χ2v) is 7.89. The van der Waals surface area contributed by atoms with E-state index in [1.54, 1.807) is 37.6 Å². The summed E-state index contributed by atoms with van der Waals surface area (Å²) in [6.07, 6.45) is 1.80. The van der Waals surface area contributed by atoms with Crippen LogP contribution in [0.15, 0.2) is 90.6 Å². The van der Waals surface area contributed by atoms with E-state index in [1.807, 2.05) is 54.6 Å². The second kappa shape index (κ2) is 8.31. The van der Waals surface area contributed by atoms with Crippen LogP contribution in [0.1, 0.15) is 22.7 Å². The van der Waals surface area contributed by atoms with Crippen molar-refractivity contribution in [3.05, 3.63) is 107 Å². The van der Waals surface area contributed by atoms with Crippen LogP contribution in [0.5, 0.6) is 5.75 Å². The standard InChI is InChI=1S/C27H22N2O4/c1-33-22-14-8-5-11-18(22)16-29-24(20-15-28-21-13-7-6-12-19(20)21)23(26(31)27(29)32)25(30)17-9-3-2-4-10-17/h2-15,24,28,30H,16H2,1H3/b25-23+. The lowest BCUT2D eigenvalue weighted by Crippen LogP contribution is -2.29. The van der Waals surface area contributed by atoms with Gasteiger partial charge in [-0.25, -0.2) is 0 Å². The number of methoxy groups -OCH3 is 1. The van der Waals surface area contributed by atoms with Crippen molar-refractivity contribution in [3.8, 4) is 5.75 Å². The lowest BCUT2D eigenvalue weighted by atomic mass is 9.95. The normalized spacial score (nSPS) is 17.6. The number of aliphatic hydroxyl groups excluding tert-OH is 1. The van der Waals surface area contributed by atoms with Gasteiger partial charge in [0.25, 0.3) is 11.7 Å². The Morgan fingerprint density at radius 3 is 2.45 bits per heavy atom. The highest BCUT2D eigenvalue weighted by molar-refractivity contribution is 6.46. The number of likely N-dealkylation sites (tertiary alicyclic amines) is 1. The van der Waals surface area contributed by atoms with E-state index >= 15 is 0 Å². The van der Waals surface area contributed by atoms with Gasteiger partial charge in [-0.3, -0.25) is 9.59 Å². The molecule has 164 valence electrons. The summed E-state index contributed by atoms with van der Waals surface area (Å²) < 4.78 is 5.47. The number of ketones is 1. The fraction of sp³-hybridized carbons (Fsp3) is 0.111. The van der Waals surface area contributed by atoms with Crippen LogP contribution in [0.2, 0.25) is 0 Å². The number of hydrogen-bond acceptors (Lipinski definition) is 4. The number of hydrogen-bond donors (Lipinski definition) is 2. The number of carbonyl (C=O) groups is 2. The molecule has 1 aromatic heterocycles. The molecule has 1 saturated heterocycles. The zero-order chi connectivity index (χ0) is 22.9. The second-order valence-electron chi connectivity index (χ2n) is 7.89. The van der Waals surface area contributed by atoms with E-state index in [9.17, 15) is 14.7 Å². The monoisotopic (exact) mass is 438 g/mol. The number of carbonyl (C=O) groups excluding carboxylic acids is 2. The van der Waals surface area contributed by atoms with Crippen molar-refractivity contribution in [1.82, 2.24) is 9.88 Å². The number of fused-ring (bicyclic) bond motifs is 1. The van der Waals surface area contributed by atoms with E-state index in [0.29, 0.717) is 11.3 Å². The van der Waals surface area contributed by atoms with Crippen LogP contribution < -0.4 is 4.74 Å². The number of amides is 1. The number of Topliss-reactive ketones (excluding diaryl/α,β-unsaturated/α-hetero) is 1. The fourth-order valence-electron chi connectivity index (χ4n) is 4.46. The van der Waals surface area contributed by atoms with Crippen molar-refractivity contribution in [2.24, 2.45) is 0 Å². The fourth-order valence-corrected chi connectivity index (χ4v) is 4.46. The van der Waals surface area contributed by atoms with Crippen LogP contribution in [0.4, 0.5) is 0 Å². The maximum atomic E-state index is 13.3. The number of aromatic nitrogens is 1. The van der Waals surface area contributed by atoms with Gasteiger partial charge in [-0.2, -0.15) is 0 Å². The number of benzene rings is 3. The quantitative estimate of drug-likeness (QED) is 0.266. The minimum atomic E-state index is -0.758. The highest BCUT2D eigenvalue weighted by Crippen LogP contribution is 2.43. The number of aliphatic hydroxyl groups is 1. The zero-order valence-corrected chi connectivity index (χ0v) is 18.0. The molecule has 2 heterocycles. The summed E-state index contributed by atoms with van der Waals surface area (Å²) in [5.41, 5.74) is 2.96. The summed E-state index contributed by atoms with van der Waals surface area (Å²) in [5, 5.41) is 12.1. The highest BCUT2D eigenvalue weighted by Gasteiger charge is 2.47. The van der Waals surface area contributed by atoms with Crippen molar-refractivity contribution < 1.29 is 19.4 Å². The molecule has 2 N–H and O–H groups in total. The Morgan fingerprint density at radius 1 is 0.970 bits per heavy atom. The Morgan fingerprint density at radius 2 is 1.67 bits per heavy atom. The van der Waals surface area contributed by atoms with Gasteiger partial charge in [0.1, 0.15) is 11.5 Å². The molecule has 0 radical (unpaired) electrons. The first-order valence-electron chi connectivity index (χ1n) is 10.6. The van der Waals surface area contributed by atoms with Crippen molar-refractivity contribution in [2.75, 3.05) is 7.11 Å². The van der Waals surface area contributed by atoms with E-state index in [1.165, 1.54) is 4.90 Å². The summed E-state index contributed by atoms with van der Waals surface area (Å²) in [6.45, 7) is 0.157. The predicted molar refractivity (Wildman–Crippen MR) is 126 cm³/mol. The smallest absolute Gasteiger partial charge is 0.295 e. The van der Waals surface area contributed by atoms with E-state index < -0.39 is 17.7 Å². The number of nitrogens with zero attached hydrogens (tertiary/aromatic N) is 1. The van der Waals surface area contributed by atoms with E-state index in [-0.39, 0.29) is 17.9 Å². The lowest BCUT2D eigenvalue weighted by Gasteiger charge is -2.25. The van der Waals surface area contributed by atoms with Crippen LogP contribution in [-0.4, -0.2) is 33.8 Å². The Bertz CT molecular complexity index is 1390. The summed E-state index contributed by atoms with van der Waals surface area (Å²) in [6, 6.07) is 23.1. The molecule has 6 nitrogen and oxygen atoms in total. The molecule has 0 aliphatic carbocycles. The zero-order valence-electron chi connectivity index (χ0n) is 18.0. The first kappa shape index (κ1) is 20.6. The average molecular weight is 438 g/mol. The van der Waals surface area contributed by atoms with E-state index in [2.05, 4.69) is 4.98 Å². The lowest BCUT2D eigenvalue weighted by molar-refractivity contribution is -0.140. The molecule has 3 aromatic carbocycles. The van der Waals surface area contributed by atoms with Gasteiger partial charge in [0.15, 0.2) is 0 Å². The average Bonchev–Trinajstić information content (AvgIpc) is 3.39. The van der Waals surface area contributed by atoms with Gasteiger partial charge in [-0.05, 0) is 12.1 Å². The number of nitrogens with one attached hydrogen (secondary N) is 1. The van der Waals surface area contributed by atoms with Crippen molar-refractivity contribution in [1.29, 1.82) is 0 Å². The van der Waals surface area contributed by atoms with Gasteiger partial charge in [0.05, 0.1) is 25.3 Å². The van der Waals surface area contributed by atoms with E-state index in [4.69, 9.17) is 4.74 Å². The Labute approximate surface area is 190 Å². The van der Waals surface area contributed by atoms with Gasteiger partial charge < -0.3 is 19.7 Å². The van der Waals surface area contributed by atoms with Crippen LogP contribution in [-0.2, 0) is 16.1 Å². The van der Waals surface area contributed by atoms with Crippen molar-refractivity contribution in [3.63, 3.8) is 0 Å². The molecule has 1 fully saturated rings. The van der Waals surface area contributed by atoms with Gasteiger partial charge in [0, 0.05) is 33.8 Å². The van der Waals surface area contributed by atoms with Crippen molar-refractivity contribution >= 4 is 28.4 Å². The van der Waals surface area contributed by atoms with Gasteiger partial charge in [0.2, 0.25) is 0 Å². The van der Waals surface area contributed by atoms with Gasteiger partial charge in [-0.1, -0.05) is 66.7 Å². The minimum Gasteiger partial charge on any atom is -0.507 e. The third kappa shape index (κ3) is 3.46. The SMILES string of the molecule is COc1ccccc1CN1C(=O)C(=O)/C(=C(/O)c2ccccc2)C1c1c[nH]c2ccccc12. The molecule has 1 atom stereocenters. The summed E-state index contributed by atoms with van der Waals surface area (Å²) >= 11 is 0. The van der Waals surface area contributed by atoms with Crippen LogP contribution in [0, 0.1) is 0 Å². The summed E-state index contributed by atoms with van der Waals surface area (Å²) in [5.74, 6) is -0.929. The predicted octanol–water partition coefficient (Wildman–Crippen LogP) is 4.80. The number of aromatic amines is 1. The first-order valence-corrected chi connectivity index (χ1v) is 10.6. The molecule has 1 aliphatic heterocycles. The molecule has 1 aliphatic rings. The molecule has 1 amide bonds. The third-order valence-electron chi connectivity index (χ3n) is 6.04. The molecule has 0 saturated carbocycles. The highest BCUT2D eigenvalue weighted by atomic mass is 16.5. The molecular weight excluding hydrogens is 416 g/mol. The van der Waals surface area contributed by atoms with Crippen LogP contribution in [0.3, 0.4) is 0 Å².